The lowest BCUT2D eigenvalue weighted by Gasteiger charge is -2.25. The van der Waals surface area contributed by atoms with E-state index in [0.717, 1.165) is 11.3 Å². The summed E-state index contributed by atoms with van der Waals surface area (Å²) in [5.74, 6) is -0.267. The molecule has 1 fully saturated rings. The third-order valence-electron chi connectivity index (χ3n) is 3.55. The molecular formula is C15H21NO2. The largest absolute Gasteiger partial charge is 0.465 e. The molecular weight excluding hydrogens is 226 g/mol. The van der Waals surface area contributed by atoms with Crippen LogP contribution in [0, 0.1) is 6.92 Å². The third-order valence-corrected chi connectivity index (χ3v) is 3.55. The molecule has 18 heavy (non-hydrogen) atoms. The van der Waals surface area contributed by atoms with Crippen molar-refractivity contribution >= 4 is 11.7 Å². The van der Waals surface area contributed by atoms with Crippen molar-refractivity contribution in [1.29, 1.82) is 0 Å². The molecule has 0 bridgehead atoms. The number of hydrogen-bond donors (Lipinski definition) is 1. The van der Waals surface area contributed by atoms with Crippen molar-refractivity contribution in [2.24, 2.45) is 0 Å². The Bertz CT molecular complexity index is 423. The second-order valence-corrected chi connectivity index (χ2v) is 5.02. The maximum absolute atomic E-state index is 11.8. The van der Waals surface area contributed by atoms with Gasteiger partial charge < -0.3 is 10.1 Å². The molecule has 1 N–H and O–H groups in total. The van der Waals surface area contributed by atoms with Crippen molar-refractivity contribution < 1.29 is 9.53 Å². The smallest absolute Gasteiger partial charge is 0.339 e. The van der Waals surface area contributed by atoms with E-state index in [1.54, 1.807) is 0 Å². The van der Waals surface area contributed by atoms with E-state index in [1.807, 2.05) is 25.1 Å². The Balaban J connectivity index is 2.17. The van der Waals surface area contributed by atoms with Crippen LogP contribution in [0.5, 0.6) is 0 Å². The van der Waals surface area contributed by atoms with Crippen LogP contribution in [-0.2, 0) is 4.74 Å². The summed E-state index contributed by atoms with van der Waals surface area (Å²) in [7, 11) is 1.43. The molecule has 0 atom stereocenters. The summed E-state index contributed by atoms with van der Waals surface area (Å²) in [4.78, 5) is 11.8. The van der Waals surface area contributed by atoms with Crippen molar-refractivity contribution in [3.05, 3.63) is 29.3 Å². The highest BCUT2D eigenvalue weighted by Gasteiger charge is 2.17. The maximum atomic E-state index is 11.8. The van der Waals surface area contributed by atoms with Gasteiger partial charge in [-0.2, -0.15) is 0 Å². The lowest BCUT2D eigenvalue weighted by molar-refractivity contribution is 0.0601. The summed E-state index contributed by atoms with van der Waals surface area (Å²) in [6.07, 6.45) is 6.26. The number of methoxy groups -OCH3 is 1. The molecule has 0 radical (unpaired) electrons. The molecule has 1 aromatic rings. The minimum absolute atomic E-state index is 0.267. The fraction of sp³-hybridized carbons (Fsp3) is 0.533. The van der Waals surface area contributed by atoms with Crippen LogP contribution in [0.1, 0.15) is 48.0 Å². The van der Waals surface area contributed by atoms with Crippen molar-refractivity contribution in [1.82, 2.24) is 0 Å². The van der Waals surface area contributed by atoms with Crippen molar-refractivity contribution in [2.75, 3.05) is 12.4 Å². The quantitative estimate of drug-likeness (QED) is 0.830. The second kappa shape index (κ2) is 5.89. The molecule has 98 valence electrons. The zero-order valence-electron chi connectivity index (χ0n) is 11.2. The fourth-order valence-electron chi connectivity index (χ4n) is 2.53. The number of hydrogen-bond acceptors (Lipinski definition) is 3. The van der Waals surface area contributed by atoms with E-state index >= 15 is 0 Å². The average molecular weight is 247 g/mol. The van der Waals surface area contributed by atoms with Crippen LogP contribution >= 0.6 is 0 Å². The van der Waals surface area contributed by atoms with Gasteiger partial charge in [0, 0.05) is 11.7 Å². The Morgan fingerprint density at radius 2 is 2.00 bits per heavy atom. The summed E-state index contributed by atoms with van der Waals surface area (Å²) < 4.78 is 4.84. The average Bonchev–Trinajstić information content (AvgIpc) is 2.41. The van der Waals surface area contributed by atoms with Gasteiger partial charge >= 0.3 is 5.97 Å². The van der Waals surface area contributed by atoms with E-state index < -0.39 is 0 Å². The van der Waals surface area contributed by atoms with Crippen LogP contribution in [0.2, 0.25) is 0 Å². The number of carbonyl (C=O) groups is 1. The van der Waals surface area contributed by atoms with E-state index in [1.165, 1.54) is 39.2 Å². The first-order valence-electron chi connectivity index (χ1n) is 6.66. The van der Waals surface area contributed by atoms with Crippen molar-refractivity contribution in [3.63, 3.8) is 0 Å². The van der Waals surface area contributed by atoms with Gasteiger partial charge in [-0.15, -0.1) is 0 Å². The maximum Gasteiger partial charge on any atom is 0.339 e. The Morgan fingerprint density at radius 3 is 2.67 bits per heavy atom. The molecule has 0 saturated heterocycles. The number of nitrogens with one attached hydrogen (secondary N) is 1. The van der Waals surface area contributed by atoms with Crippen LogP contribution in [-0.4, -0.2) is 19.1 Å². The Labute approximate surface area is 109 Å². The minimum Gasteiger partial charge on any atom is -0.465 e. The molecule has 0 aliphatic heterocycles. The number of ether oxygens (including phenoxy) is 1. The fourth-order valence-corrected chi connectivity index (χ4v) is 2.53. The van der Waals surface area contributed by atoms with Crippen LogP contribution in [0.4, 0.5) is 5.69 Å². The first-order valence-corrected chi connectivity index (χ1v) is 6.66. The predicted octanol–water partition coefficient (Wildman–Crippen LogP) is 3.53. The van der Waals surface area contributed by atoms with Crippen LogP contribution in [0.15, 0.2) is 18.2 Å². The summed E-state index contributed by atoms with van der Waals surface area (Å²) in [6, 6.07) is 6.38. The van der Waals surface area contributed by atoms with Crippen molar-refractivity contribution in [3.8, 4) is 0 Å². The van der Waals surface area contributed by atoms with Crippen LogP contribution in [0.25, 0.3) is 0 Å². The second-order valence-electron chi connectivity index (χ2n) is 5.02. The molecule has 0 amide bonds. The van der Waals surface area contributed by atoms with Gasteiger partial charge in [-0.3, -0.25) is 0 Å². The molecule has 0 heterocycles. The summed E-state index contributed by atoms with van der Waals surface area (Å²) in [6.45, 7) is 1.98. The standard InChI is InChI=1S/C15H21NO2/c1-11-8-9-14(13(10-11)15(17)18-2)16-12-6-4-3-5-7-12/h8-10,12,16H,3-7H2,1-2H3. The number of carbonyl (C=O) groups excluding carboxylic acids is 1. The number of rotatable bonds is 3. The van der Waals surface area contributed by atoms with E-state index in [2.05, 4.69) is 5.32 Å². The lowest BCUT2D eigenvalue weighted by atomic mass is 9.95. The van der Waals surface area contributed by atoms with Gasteiger partial charge in [0.2, 0.25) is 0 Å². The first-order chi connectivity index (χ1) is 8.70. The minimum atomic E-state index is -0.267. The monoisotopic (exact) mass is 247 g/mol. The topological polar surface area (TPSA) is 38.3 Å². The molecule has 3 heteroatoms. The molecule has 1 aromatic carbocycles. The van der Waals surface area contributed by atoms with E-state index in [4.69, 9.17) is 4.74 Å². The highest BCUT2D eigenvalue weighted by Crippen LogP contribution is 2.25. The van der Waals surface area contributed by atoms with Gasteiger partial charge in [0.25, 0.3) is 0 Å². The number of anilines is 1. The lowest BCUT2D eigenvalue weighted by Crippen LogP contribution is -2.23. The van der Waals surface area contributed by atoms with E-state index in [9.17, 15) is 4.79 Å². The molecule has 0 unspecified atom stereocenters. The number of esters is 1. The van der Waals surface area contributed by atoms with Crippen LogP contribution < -0.4 is 5.32 Å². The van der Waals surface area contributed by atoms with E-state index in [0.29, 0.717) is 11.6 Å². The zero-order chi connectivity index (χ0) is 13.0. The predicted molar refractivity (Wildman–Crippen MR) is 73.0 cm³/mol. The number of benzene rings is 1. The molecule has 0 aromatic heterocycles. The van der Waals surface area contributed by atoms with Gasteiger partial charge in [0.15, 0.2) is 0 Å². The van der Waals surface area contributed by atoms with Gasteiger partial charge in [-0.25, -0.2) is 4.79 Å². The summed E-state index contributed by atoms with van der Waals surface area (Å²) in [5, 5.41) is 3.49. The molecule has 2 rings (SSSR count). The highest BCUT2D eigenvalue weighted by molar-refractivity contribution is 5.95. The molecule has 1 aliphatic carbocycles. The first kappa shape index (κ1) is 12.9. The SMILES string of the molecule is COC(=O)c1cc(C)ccc1NC1CCCCC1. The molecule has 0 spiro atoms. The van der Waals surface area contributed by atoms with Gasteiger partial charge in [0.1, 0.15) is 0 Å². The zero-order valence-corrected chi connectivity index (χ0v) is 11.2. The summed E-state index contributed by atoms with van der Waals surface area (Å²) in [5.41, 5.74) is 2.62. The van der Waals surface area contributed by atoms with Gasteiger partial charge in [-0.05, 0) is 31.9 Å². The van der Waals surface area contributed by atoms with E-state index in [-0.39, 0.29) is 5.97 Å². The molecule has 1 saturated carbocycles. The molecule has 3 nitrogen and oxygen atoms in total. The summed E-state index contributed by atoms with van der Waals surface area (Å²) >= 11 is 0. The highest BCUT2D eigenvalue weighted by atomic mass is 16.5. The Kier molecular flexibility index (Phi) is 4.24. The number of aryl methyl sites for hydroxylation is 1. The van der Waals surface area contributed by atoms with Crippen molar-refractivity contribution in [2.45, 2.75) is 45.1 Å². The third kappa shape index (κ3) is 3.03. The van der Waals surface area contributed by atoms with Gasteiger partial charge in [-0.1, -0.05) is 30.9 Å². The molecule has 1 aliphatic rings. The Hall–Kier alpha value is -1.51. The van der Waals surface area contributed by atoms with Gasteiger partial charge in [0.05, 0.1) is 12.7 Å². The van der Waals surface area contributed by atoms with Crippen LogP contribution in [0.3, 0.4) is 0 Å². The normalized spacial score (nSPS) is 16.3. The Morgan fingerprint density at radius 1 is 1.28 bits per heavy atom.